The average Bonchev–Trinajstić information content (AvgIpc) is 3.18. The Balaban J connectivity index is 1.65. The average molecular weight is 445 g/mol. The monoisotopic (exact) mass is 444 g/mol. The molecule has 126 valence electrons. The van der Waals surface area contributed by atoms with Crippen LogP contribution < -0.4 is 5.84 Å². The molecule has 0 aliphatic rings. The van der Waals surface area contributed by atoms with Crippen molar-refractivity contribution in [2.75, 3.05) is 17.3 Å². The molecule has 3 rings (SSSR count). The third-order valence-electron chi connectivity index (χ3n) is 3.16. The number of nitrogen functional groups attached to an aromatic ring is 1. The van der Waals surface area contributed by atoms with Gasteiger partial charge >= 0.3 is 0 Å². The minimum absolute atomic E-state index is 0.000490. The van der Waals surface area contributed by atoms with E-state index in [2.05, 4.69) is 26.1 Å². The molecular formula is C14H13BrN4O2S3. The summed E-state index contributed by atoms with van der Waals surface area (Å²) in [4.78, 5) is 1.22. The number of nitrogens with two attached hydrogens (primary N) is 1. The summed E-state index contributed by atoms with van der Waals surface area (Å²) in [5.74, 6) is 6.91. The molecule has 0 radical (unpaired) electrons. The first kappa shape index (κ1) is 17.5. The van der Waals surface area contributed by atoms with Crippen LogP contribution >= 0.6 is 39.0 Å². The SMILES string of the molecule is Nn1c(SCCS(=O)(=O)c2ccc(Br)cc2)nnc1-c1cccs1. The van der Waals surface area contributed by atoms with E-state index in [1.165, 1.54) is 27.8 Å². The van der Waals surface area contributed by atoms with Crippen LogP contribution in [0.5, 0.6) is 0 Å². The number of sulfone groups is 1. The van der Waals surface area contributed by atoms with Gasteiger partial charge in [-0.1, -0.05) is 33.8 Å². The Bertz CT molecular complexity index is 922. The zero-order valence-electron chi connectivity index (χ0n) is 12.3. The van der Waals surface area contributed by atoms with E-state index in [1.54, 1.807) is 24.3 Å². The number of thiophene rings is 1. The van der Waals surface area contributed by atoms with Gasteiger partial charge in [0.05, 0.1) is 15.5 Å². The molecule has 2 heterocycles. The van der Waals surface area contributed by atoms with Gasteiger partial charge < -0.3 is 5.84 Å². The van der Waals surface area contributed by atoms with Crippen molar-refractivity contribution in [3.05, 3.63) is 46.3 Å². The van der Waals surface area contributed by atoms with E-state index < -0.39 is 9.84 Å². The Labute approximate surface area is 156 Å². The van der Waals surface area contributed by atoms with E-state index in [0.29, 0.717) is 21.6 Å². The minimum Gasteiger partial charge on any atom is -0.335 e. The number of benzene rings is 1. The molecule has 2 N–H and O–H groups in total. The van der Waals surface area contributed by atoms with E-state index in [1.807, 2.05) is 17.5 Å². The fourth-order valence-electron chi connectivity index (χ4n) is 1.95. The molecule has 0 amide bonds. The van der Waals surface area contributed by atoms with Crippen molar-refractivity contribution in [3.63, 3.8) is 0 Å². The molecule has 0 aliphatic carbocycles. The number of thioether (sulfide) groups is 1. The molecule has 1 aromatic carbocycles. The highest BCUT2D eigenvalue weighted by atomic mass is 79.9. The van der Waals surface area contributed by atoms with Crippen LogP contribution in [0.2, 0.25) is 0 Å². The van der Waals surface area contributed by atoms with E-state index in [-0.39, 0.29) is 5.75 Å². The number of nitrogens with zero attached hydrogens (tertiary/aromatic N) is 3. The maximum atomic E-state index is 12.3. The summed E-state index contributed by atoms with van der Waals surface area (Å²) in [5, 5.41) is 10.5. The topological polar surface area (TPSA) is 90.9 Å². The third-order valence-corrected chi connectivity index (χ3v) is 7.49. The second kappa shape index (κ2) is 7.26. The fraction of sp³-hybridized carbons (Fsp3) is 0.143. The smallest absolute Gasteiger partial charge is 0.210 e. The third kappa shape index (κ3) is 3.82. The van der Waals surface area contributed by atoms with Crippen molar-refractivity contribution in [1.82, 2.24) is 14.9 Å². The van der Waals surface area contributed by atoms with Gasteiger partial charge in [0.15, 0.2) is 15.7 Å². The molecule has 0 fully saturated rings. The van der Waals surface area contributed by atoms with Crippen molar-refractivity contribution in [3.8, 4) is 10.7 Å². The van der Waals surface area contributed by atoms with Crippen molar-refractivity contribution < 1.29 is 8.42 Å². The van der Waals surface area contributed by atoms with Gasteiger partial charge in [0.25, 0.3) is 0 Å². The summed E-state index contributed by atoms with van der Waals surface area (Å²) in [6, 6.07) is 10.4. The lowest BCUT2D eigenvalue weighted by atomic mass is 10.4. The van der Waals surface area contributed by atoms with Crippen LogP contribution in [0.3, 0.4) is 0 Å². The summed E-state index contributed by atoms with van der Waals surface area (Å²) in [5.41, 5.74) is 0. The quantitative estimate of drug-likeness (QED) is 0.463. The zero-order valence-corrected chi connectivity index (χ0v) is 16.3. The predicted octanol–water partition coefficient (Wildman–Crippen LogP) is 3.05. The lowest BCUT2D eigenvalue weighted by molar-refractivity contribution is 0.597. The van der Waals surface area contributed by atoms with Crippen LogP contribution in [0.25, 0.3) is 10.7 Å². The molecule has 2 aromatic heterocycles. The van der Waals surface area contributed by atoms with Crippen LogP contribution in [0.4, 0.5) is 0 Å². The molecule has 0 saturated heterocycles. The summed E-state index contributed by atoms with van der Waals surface area (Å²) >= 11 is 6.08. The summed E-state index contributed by atoms with van der Waals surface area (Å²) in [7, 11) is -3.33. The van der Waals surface area contributed by atoms with Crippen molar-refractivity contribution in [1.29, 1.82) is 0 Å². The van der Waals surface area contributed by atoms with Crippen molar-refractivity contribution >= 4 is 48.9 Å². The normalized spacial score (nSPS) is 11.7. The summed E-state index contributed by atoms with van der Waals surface area (Å²) in [6.07, 6.45) is 0. The molecule has 24 heavy (non-hydrogen) atoms. The van der Waals surface area contributed by atoms with Gasteiger partial charge in [0.2, 0.25) is 5.16 Å². The Kier molecular flexibility index (Phi) is 5.28. The van der Waals surface area contributed by atoms with Crippen LogP contribution in [-0.4, -0.2) is 34.8 Å². The molecule has 0 spiro atoms. The molecule has 0 aliphatic heterocycles. The predicted molar refractivity (Wildman–Crippen MR) is 100 cm³/mol. The number of halogens is 1. The van der Waals surface area contributed by atoms with E-state index in [9.17, 15) is 8.42 Å². The van der Waals surface area contributed by atoms with Gasteiger partial charge in [-0.3, -0.25) is 0 Å². The lowest BCUT2D eigenvalue weighted by Gasteiger charge is -2.05. The van der Waals surface area contributed by atoms with Gasteiger partial charge in [-0.25, -0.2) is 13.1 Å². The summed E-state index contributed by atoms with van der Waals surface area (Å²) < 4.78 is 26.9. The van der Waals surface area contributed by atoms with E-state index in [0.717, 1.165) is 9.35 Å². The largest absolute Gasteiger partial charge is 0.335 e. The van der Waals surface area contributed by atoms with Gasteiger partial charge in [-0.15, -0.1) is 21.5 Å². The van der Waals surface area contributed by atoms with Gasteiger partial charge in [0.1, 0.15) is 0 Å². The molecule has 0 unspecified atom stereocenters. The maximum Gasteiger partial charge on any atom is 0.210 e. The molecule has 10 heteroatoms. The maximum absolute atomic E-state index is 12.3. The van der Waals surface area contributed by atoms with Crippen LogP contribution in [0.1, 0.15) is 0 Å². The van der Waals surface area contributed by atoms with Crippen LogP contribution in [-0.2, 0) is 9.84 Å². The highest BCUT2D eigenvalue weighted by Gasteiger charge is 2.17. The van der Waals surface area contributed by atoms with Crippen LogP contribution in [0.15, 0.2) is 56.3 Å². The van der Waals surface area contributed by atoms with Gasteiger partial charge in [0, 0.05) is 10.2 Å². The zero-order chi connectivity index (χ0) is 17.2. The lowest BCUT2D eigenvalue weighted by Crippen LogP contribution is -2.13. The molecular weight excluding hydrogens is 432 g/mol. The van der Waals surface area contributed by atoms with E-state index >= 15 is 0 Å². The van der Waals surface area contributed by atoms with E-state index in [4.69, 9.17) is 5.84 Å². The number of aromatic nitrogens is 3. The summed E-state index contributed by atoms with van der Waals surface area (Å²) in [6.45, 7) is 0. The van der Waals surface area contributed by atoms with Crippen molar-refractivity contribution in [2.24, 2.45) is 0 Å². The second-order valence-corrected chi connectivity index (χ2v) is 9.81. The first-order valence-electron chi connectivity index (χ1n) is 6.83. The molecule has 6 nitrogen and oxygen atoms in total. The highest BCUT2D eigenvalue weighted by Crippen LogP contribution is 2.25. The number of hydrogen-bond acceptors (Lipinski definition) is 7. The van der Waals surface area contributed by atoms with Crippen LogP contribution in [0, 0.1) is 0 Å². The number of rotatable bonds is 6. The number of hydrogen-bond donors (Lipinski definition) is 1. The molecule has 0 saturated carbocycles. The molecule has 0 atom stereocenters. The van der Waals surface area contributed by atoms with Gasteiger partial charge in [-0.05, 0) is 35.7 Å². The van der Waals surface area contributed by atoms with Gasteiger partial charge in [-0.2, -0.15) is 0 Å². The standard InChI is InChI=1S/C14H13BrN4O2S3/c15-10-3-5-11(6-4-10)24(20,21)9-8-23-14-18-17-13(19(14)16)12-2-1-7-22-12/h1-7H,8-9,16H2. The molecule has 3 aromatic rings. The first-order chi connectivity index (χ1) is 11.5. The second-order valence-electron chi connectivity index (χ2n) is 4.77. The molecule has 0 bridgehead atoms. The Hall–Kier alpha value is -1.36. The Morgan fingerprint density at radius 2 is 1.96 bits per heavy atom. The minimum atomic E-state index is -3.33. The Morgan fingerprint density at radius 3 is 2.62 bits per heavy atom. The first-order valence-corrected chi connectivity index (χ1v) is 11.1. The highest BCUT2D eigenvalue weighted by molar-refractivity contribution is 9.10. The fourth-order valence-corrected chi connectivity index (χ4v) is 5.43. The Morgan fingerprint density at radius 1 is 1.21 bits per heavy atom. The van der Waals surface area contributed by atoms with Crippen molar-refractivity contribution in [2.45, 2.75) is 10.1 Å².